The van der Waals surface area contributed by atoms with Crippen LogP contribution < -0.4 is 5.73 Å². The van der Waals surface area contributed by atoms with Crippen LogP contribution in [0.4, 0.5) is 0 Å². The molecule has 0 aromatic rings. The molecular weight excluding hydrogens is 198 g/mol. The molecule has 0 heterocycles. The van der Waals surface area contributed by atoms with Crippen LogP contribution in [-0.4, -0.2) is 18.2 Å². The molecule has 2 saturated carbocycles. The van der Waals surface area contributed by atoms with Crippen molar-refractivity contribution in [2.45, 2.75) is 69.6 Å². The first-order chi connectivity index (χ1) is 6.36. The van der Waals surface area contributed by atoms with E-state index in [0.717, 1.165) is 6.42 Å². The smallest absolute Gasteiger partial charge is 0.0729 e. The first-order valence-electron chi connectivity index (χ1n) is 5.77. The van der Waals surface area contributed by atoms with Crippen LogP contribution in [0.25, 0.3) is 0 Å². The maximum atomic E-state index is 6.04. The first kappa shape index (κ1) is 12.3. The molecule has 0 saturated heterocycles. The molecule has 84 valence electrons. The van der Waals surface area contributed by atoms with E-state index in [1.54, 1.807) is 0 Å². The van der Waals surface area contributed by atoms with E-state index in [9.17, 15) is 0 Å². The molecule has 0 aromatic heterocycles. The predicted molar refractivity (Wildman–Crippen MR) is 60.8 cm³/mol. The largest absolute Gasteiger partial charge is 0.373 e. The topological polar surface area (TPSA) is 35.2 Å². The quantitative estimate of drug-likeness (QED) is 0.775. The average molecular weight is 220 g/mol. The lowest BCUT2D eigenvalue weighted by molar-refractivity contribution is -0.0359. The number of hydrogen-bond donors (Lipinski definition) is 1. The van der Waals surface area contributed by atoms with Gasteiger partial charge in [0.25, 0.3) is 0 Å². The second-order valence-electron chi connectivity index (χ2n) is 4.53. The zero-order valence-corrected chi connectivity index (χ0v) is 9.60. The maximum absolute atomic E-state index is 6.04. The molecule has 0 bridgehead atoms. The first-order valence-corrected chi connectivity index (χ1v) is 5.77. The summed E-state index contributed by atoms with van der Waals surface area (Å²) in [6.07, 6.45) is 11.1. The Morgan fingerprint density at radius 1 is 0.857 bits per heavy atom. The lowest BCUT2D eigenvalue weighted by Crippen LogP contribution is -2.41. The fourth-order valence-electron chi connectivity index (χ4n) is 2.57. The minimum absolute atomic E-state index is 0. The Labute approximate surface area is 93.0 Å². The highest BCUT2D eigenvalue weighted by Crippen LogP contribution is 2.27. The van der Waals surface area contributed by atoms with Crippen LogP contribution in [0.5, 0.6) is 0 Å². The second-order valence-corrected chi connectivity index (χ2v) is 4.53. The van der Waals surface area contributed by atoms with Gasteiger partial charge in [0.2, 0.25) is 0 Å². The zero-order valence-electron chi connectivity index (χ0n) is 8.78. The minimum Gasteiger partial charge on any atom is -0.373 e. The summed E-state index contributed by atoms with van der Waals surface area (Å²) in [5, 5.41) is 0. The molecule has 0 aromatic carbocycles. The van der Waals surface area contributed by atoms with Crippen LogP contribution in [0.1, 0.15) is 51.4 Å². The maximum Gasteiger partial charge on any atom is 0.0729 e. The van der Waals surface area contributed by atoms with E-state index in [1.807, 2.05) is 0 Å². The Balaban J connectivity index is 0.000000980. The van der Waals surface area contributed by atoms with Crippen LogP contribution in [0.2, 0.25) is 0 Å². The summed E-state index contributed by atoms with van der Waals surface area (Å²) in [5.74, 6) is 0. The predicted octanol–water partition coefficient (Wildman–Crippen LogP) is 2.64. The monoisotopic (exact) mass is 219 g/mol. The molecule has 0 radical (unpaired) electrons. The lowest BCUT2D eigenvalue weighted by Gasteiger charge is -2.30. The van der Waals surface area contributed by atoms with Gasteiger partial charge in [0.05, 0.1) is 12.2 Å². The van der Waals surface area contributed by atoms with E-state index < -0.39 is 0 Å². The average Bonchev–Trinajstić information content (AvgIpc) is 2.61. The van der Waals surface area contributed by atoms with Crippen molar-refractivity contribution in [1.29, 1.82) is 0 Å². The zero-order chi connectivity index (χ0) is 9.10. The van der Waals surface area contributed by atoms with Gasteiger partial charge in [-0.05, 0) is 25.7 Å². The summed E-state index contributed by atoms with van der Waals surface area (Å²) in [6, 6.07) is 0.314. The van der Waals surface area contributed by atoms with Gasteiger partial charge in [0, 0.05) is 6.04 Å². The van der Waals surface area contributed by atoms with Crippen LogP contribution in [-0.2, 0) is 4.74 Å². The summed E-state index contributed by atoms with van der Waals surface area (Å²) in [7, 11) is 0. The van der Waals surface area contributed by atoms with Gasteiger partial charge < -0.3 is 10.5 Å². The third-order valence-corrected chi connectivity index (χ3v) is 3.42. The Hall–Kier alpha value is 0.210. The Kier molecular flexibility index (Phi) is 5.21. The number of halogens is 1. The Bertz CT molecular complexity index is 159. The van der Waals surface area contributed by atoms with Crippen molar-refractivity contribution in [2.75, 3.05) is 0 Å². The highest BCUT2D eigenvalue weighted by molar-refractivity contribution is 5.85. The molecule has 2 fully saturated rings. The van der Waals surface area contributed by atoms with Crippen molar-refractivity contribution in [2.24, 2.45) is 5.73 Å². The fourth-order valence-corrected chi connectivity index (χ4v) is 2.57. The molecule has 2 aliphatic rings. The molecule has 3 heteroatoms. The molecule has 2 unspecified atom stereocenters. The van der Waals surface area contributed by atoms with Crippen molar-refractivity contribution in [3.8, 4) is 0 Å². The van der Waals surface area contributed by atoms with Crippen LogP contribution in [0.15, 0.2) is 0 Å². The van der Waals surface area contributed by atoms with E-state index >= 15 is 0 Å². The van der Waals surface area contributed by atoms with E-state index in [0.29, 0.717) is 18.2 Å². The number of rotatable bonds is 2. The molecule has 0 aliphatic heterocycles. The van der Waals surface area contributed by atoms with Crippen molar-refractivity contribution in [3.05, 3.63) is 0 Å². The van der Waals surface area contributed by atoms with Crippen LogP contribution in [0, 0.1) is 0 Å². The number of hydrogen-bond acceptors (Lipinski definition) is 2. The van der Waals surface area contributed by atoms with Gasteiger partial charge in [-0.15, -0.1) is 12.4 Å². The SMILES string of the molecule is Cl.NC1CCCCC1OC1CCCC1. The highest BCUT2D eigenvalue weighted by atomic mass is 35.5. The van der Waals surface area contributed by atoms with Crippen molar-refractivity contribution in [1.82, 2.24) is 0 Å². The lowest BCUT2D eigenvalue weighted by atomic mass is 9.93. The molecule has 0 spiro atoms. The van der Waals surface area contributed by atoms with Gasteiger partial charge in [0.15, 0.2) is 0 Å². The Morgan fingerprint density at radius 3 is 2.07 bits per heavy atom. The summed E-state index contributed by atoms with van der Waals surface area (Å²) in [4.78, 5) is 0. The molecule has 2 N–H and O–H groups in total. The van der Waals surface area contributed by atoms with Gasteiger partial charge in [-0.2, -0.15) is 0 Å². The van der Waals surface area contributed by atoms with Crippen molar-refractivity contribution in [3.63, 3.8) is 0 Å². The third-order valence-electron chi connectivity index (χ3n) is 3.42. The van der Waals surface area contributed by atoms with Gasteiger partial charge in [-0.3, -0.25) is 0 Å². The number of nitrogens with two attached hydrogens (primary N) is 1. The molecular formula is C11H22ClNO. The summed E-state index contributed by atoms with van der Waals surface area (Å²) in [5.41, 5.74) is 6.03. The van der Waals surface area contributed by atoms with Gasteiger partial charge in [-0.25, -0.2) is 0 Å². The molecule has 14 heavy (non-hydrogen) atoms. The summed E-state index contributed by atoms with van der Waals surface area (Å²) in [6.45, 7) is 0. The fraction of sp³-hybridized carbons (Fsp3) is 1.00. The highest BCUT2D eigenvalue weighted by Gasteiger charge is 2.26. The van der Waals surface area contributed by atoms with Crippen molar-refractivity contribution < 1.29 is 4.74 Å². The van der Waals surface area contributed by atoms with Crippen LogP contribution in [0.3, 0.4) is 0 Å². The minimum atomic E-state index is 0. The molecule has 0 amide bonds. The Morgan fingerprint density at radius 2 is 1.43 bits per heavy atom. The normalized spacial score (nSPS) is 34.1. The van der Waals surface area contributed by atoms with Crippen molar-refractivity contribution >= 4 is 12.4 Å². The summed E-state index contributed by atoms with van der Waals surface area (Å²) >= 11 is 0. The molecule has 2 nitrogen and oxygen atoms in total. The summed E-state index contributed by atoms with van der Waals surface area (Å²) < 4.78 is 6.04. The second kappa shape index (κ2) is 5.94. The number of ether oxygens (including phenoxy) is 1. The standard InChI is InChI=1S/C11H21NO.ClH/c12-10-7-3-4-8-11(10)13-9-5-1-2-6-9;/h9-11H,1-8,12H2;1H. The molecule has 2 atom stereocenters. The van der Waals surface area contributed by atoms with E-state index in [1.165, 1.54) is 44.9 Å². The van der Waals surface area contributed by atoms with E-state index in [-0.39, 0.29) is 12.4 Å². The van der Waals surface area contributed by atoms with E-state index in [2.05, 4.69) is 0 Å². The molecule has 2 aliphatic carbocycles. The van der Waals surface area contributed by atoms with Gasteiger partial charge >= 0.3 is 0 Å². The third kappa shape index (κ3) is 3.11. The van der Waals surface area contributed by atoms with Gasteiger partial charge in [-0.1, -0.05) is 25.7 Å². The molecule has 2 rings (SSSR count). The van der Waals surface area contributed by atoms with E-state index in [4.69, 9.17) is 10.5 Å². The van der Waals surface area contributed by atoms with Crippen LogP contribution >= 0.6 is 12.4 Å². The van der Waals surface area contributed by atoms with Gasteiger partial charge in [0.1, 0.15) is 0 Å².